The average Bonchev–Trinajstić information content (AvgIpc) is 3.28. The van der Waals surface area contributed by atoms with Gasteiger partial charge in [0.2, 0.25) is 0 Å². The van der Waals surface area contributed by atoms with Gasteiger partial charge in [-0.3, -0.25) is 5.10 Å². The van der Waals surface area contributed by atoms with Crippen molar-refractivity contribution in [2.75, 3.05) is 0 Å². The van der Waals surface area contributed by atoms with Crippen molar-refractivity contribution in [1.29, 1.82) is 0 Å². The topological polar surface area (TPSA) is 93.6 Å². The molecule has 6 nitrogen and oxygen atoms in total. The fourth-order valence-electron chi connectivity index (χ4n) is 3.04. The van der Waals surface area contributed by atoms with Crippen LogP contribution in [0.4, 0.5) is 0 Å². The molecule has 1 saturated carbocycles. The van der Waals surface area contributed by atoms with Gasteiger partial charge in [0.15, 0.2) is 5.82 Å². The van der Waals surface area contributed by atoms with Crippen LogP contribution in [-0.2, 0) is 5.54 Å². The molecule has 1 aliphatic carbocycles. The van der Waals surface area contributed by atoms with Crippen molar-refractivity contribution >= 4 is 12.4 Å². The highest BCUT2D eigenvalue weighted by Crippen LogP contribution is 2.36. The average molecular weight is 332 g/mol. The maximum atomic E-state index is 6.39. The van der Waals surface area contributed by atoms with E-state index in [-0.39, 0.29) is 12.4 Å². The number of rotatable bonds is 3. The van der Waals surface area contributed by atoms with Crippen LogP contribution < -0.4 is 5.73 Å². The number of aromatic nitrogens is 4. The van der Waals surface area contributed by atoms with Crippen molar-refractivity contribution in [2.45, 2.75) is 31.2 Å². The molecule has 0 spiro atoms. The van der Waals surface area contributed by atoms with Crippen LogP contribution in [0.2, 0.25) is 0 Å². The van der Waals surface area contributed by atoms with E-state index in [1.165, 1.54) is 0 Å². The quantitative estimate of drug-likeness (QED) is 0.768. The van der Waals surface area contributed by atoms with Crippen LogP contribution in [0, 0.1) is 0 Å². The Labute approximate surface area is 139 Å². The van der Waals surface area contributed by atoms with Gasteiger partial charge < -0.3 is 10.3 Å². The zero-order valence-electron chi connectivity index (χ0n) is 12.5. The molecule has 3 N–H and O–H groups in total. The van der Waals surface area contributed by atoms with Gasteiger partial charge >= 0.3 is 0 Å². The number of nitrogens with one attached hydrogen (secondary N) is 1. The zero-order valence-corrected chi connectivity index (χ0v) is 13.3. The Hall–Kier alpha value is -2.18. The lowest BCUT2D eigenvalue weighted by Gasteiger charge is -2.17. The second-order valence-corrected chi connectivity index (χ2v) is 5.81. The van der Waals surface area contributed by atoms with E-state index in [1.54, 1.807) is 6.20 Å². The molecule has 0 amide bonds. The van der Waals surface area contributed by atoms with Crippen LogP contribution in [0.3, 0.4) is 0 Å². The lowest BCUT2D eigenvalue weighted by molar-refractivity contribution is 0.372. The van der Waals surface area contributed by atoms with Crippen molar-refractivity contribution in [3.8, 4) is 22.7 Å². The van der Waals surface area contributed by atoms with E-state index in [2.05, 4.69) is 20.3 Å². The van der Waals surface area contributed by atoms with Gasteiger partial charge in [-0.1, -0.05) is 48.3 Å². The Morgan fingerprint density at radius 1 is 1.13 bits per heavy atom. The minimum absolute atomic E-state index is 0. The molecule has 2 aromatic heterocycles. The fraction of sp³-hybridized carbons (Fsp3) is 0.312. The first-order valence-corrected chi connectivity index (χ1v) is 7.48. The summed E-state index contributed by atoms with van der Waals surface area (Å²) in [5.41, 5.74) is 8.63. The van der Waals surface area contributed by atoms with E-state index in [4.69, 9.17) is 10.3 Å². The molecule has 120 valence electrons. The van der Waals surface area contributed by atoms with Gasteiger partial charge in [-0.2, -0.15) is 10.1 Å². The van der Waals surface area contributed by atoms with Crippen molar-refractivity contribution in [3.05, 3.63) is 42.4 Å². The molecule has 0 radical (unpaired) electrons. The third kappa shape index (κ3) is 2.75. The van der Waals surface area contributed by atoms with Crippen molar-refractivity contribution in [1.82, 2.24) is 20.3 Å². The largest absolute Gasteiger partial charge is 0.334 e. The Morgan fingerprint density at radius 2 is 1.87 bits per heavy atom. The molecule has 2 heterocycles. The lowest BCUT2D eigenvalue weighted by atomic mass is 9.98. The summed E-state index contributed by atoms with van der Waals surface area (Å²) in [6, 6.07) is 9.95. The number of aromatic amines is 1. The molecule has 1 fully saturated rings. The summed E-state index contributed by atoms with van der Waals surface area (Å²) < 4.78 is 5.45. The van der Waals surface area contributed by atoms with Crippen LogP contribution in [0.5, 0.6) is 0 Å². The SMILES string of the molecule is Cl.NC1(c2noc(-c3cn[nH]c3-c3ccccc3)n2)CCCC1. The van der Waals surface area contributed by atoms with Crippen LogP contribution in [-0.4, -0.2) is 20.3 Å². The Kier molecular flexibility index (Phi) is 4.19. The molecule has 3 aromatic rings. The molecular weight excluding hydrogens is 314 g/mol. The Bertz CT molecular complexity index is 777. The number of hydrogen-bond acceptors (Lipinski definition) is 5. The monoisotopic (exact) mass is 331 g/mol. The first kappa shape index (κ1) is 15.7. The van der Waals surface area contributed by atoms with Crippen LogP contribution >= 0.6 is 12.4 Å². The predicted octanol–water partition coefficient (Wildman–Crippen LogP) is 3.28. The second-order valence-electron chi connectivity index (χ2n) is 5.81. The molecular formula is C16H18ClN5O. The predicted molar refractivity (Wildman–Crippen MR) is 88.9 cm³/mol. The third-order valence-electron chi connectivity index (χ3n) is 4.30. The molecule has 0 bridgehead atoms. The molecule has 4 rings (SSSR count). The molecule has 23 heavy (non-hydrogen) atoms. The summed E-state index contributed by atoms with van der Waals surface area (Å²) in [5, 5.41) is 11.2. The zero-order chi connectivity index (χ0) is 15.0. The molecule has 0 atom stereocenters. The van der Waals surface area contributed by atoms with Crippen molar-refractivity contribution in [3.63, 3.8) is 0 Å². The van der Waals surface area contributed by atoms with E-state index < -0.39 is 5.54 Å². The number of benzene rings is 1. The van der Waals surface area contributed by atoms with Gasteiger partial charge in [0, 0.05) is 5.56 Å². The van der Waals surface area contributed by atoms with Gasteiger partial charge in [0.25, 0.3) is 5.89 Å². The van der Waals surface area contributed by atoms with Gasteiger partial charge in [0.05, 0.1) is 23.0 Å². The smallest absolute Gasteiger partial charge is 0.261 e. The summed E-state index contributed by atoms with van der Waals surface area (Å²) in [6.45, 7) is 0. The number of halogens is 1. The van der Waals surface area contributed by atoms with Crippen LogP contribution in [0.1, 0.15) is 31.5 Å². The number of H-pyrrole nitrogens is 1. The molecule has 0 saturated heterocycles. The highest BCUT2D eigenvalue weighted by Gasteiger charge is 2.36. The van der Waals surface area contributed by atoms with E-state index in [9.17, 15) is 0 Å². The van der Waals surface area contributed by atoms with E-state index in [1.807, 2.05) is 30.3 Å². The molecule has 1 aromatic carbocycles. The standard InChI is InChI=1S/C16H17N5O.ClH/c17-16(8-4-5-9-16)15-19-14(22-21-15)12-10-18-20-13(12)11-6-2-1-3-7-11;/h1-3,6-7,10H,4-5,8-9,17H2,(H,18,20);1H. The van der Waals surface area contributed by atoms with Gasteiger partial charge in [-0.25, -0.2) is 0 Å². The maximum Gasteiger partial charge on any atom is 0.261 e. The Balaban J connectivity index is 0.00000156. The van der Waals surface area contributed by atoms with Gasteiger partial charge in [-0.15, -0.1) is 12.4 Å². The lowest BCUT2D eigenvalue weighted by Crippen LogP contribution is -2.34. The van der Waals surface area contributed by atoms with E-state index in [0.717, 1.165) is 42.5 Å². The van der Waals surface area contributed by atoms with E-state index in [0.29, 0.717) is 11.7 Å². The number of hydrogen-bond donors (Lipinski definition) is 2. The minimum Gasteiger partial charge on any atom is -0.334 e. The summed E-state index contributed by atoms with van der Waals surface area (Å²) in [5.74, 6) is 1.06. The summed E-state index contributed by atoms with van der Waals surface area (Å²) >= 11 is 0. The van der Waals surface area contributed by atoms with Crippen LogP contribution in [0.25, 0.3) is 22.7 Å². The third-order valence-corrected chi connectivity index (χ3v) is 4.30. The summed E-state index contributed by atoms with van der Waals surface area (Å²) in [6.07, 6.45) is 5.74. The van der Waals surface area contributed by atoms with Crippen molar-refractivity contribution < 1.29 is 4.52 Å². The first-order chi connectivity index (χ1) is 10.8. The molecule has 0 unspecified atom stereocenters. The highest BCUT2D eigenvalue weighted by atomic mass is 35.5. The highest BCUT2D eigenvalue weighted by molar-refractivity contribution is 5.85. The molecule has 7 heteroatoms. The summed E-state index contributed by atoms with van der Waals surface area (Å²) in [7, 11) is 0. The fourth-order valence-corrected chi connectivity index (χ4v) is 3.04. The van der Waals surface area contributed by atoms with Crippen LogP contribution in [0.15, 0.2) is 41.1 Å². The molecule has 1 aliphatic rings. The number of nitrogens with zero attached hydrogens (tertiary/aromatic N) is 3. The maximum absolute atomic E-state index is 6.39. The van der Waals surface area contributed by atoms with Crippen molar-refractivity contribution in [2.24, 2.45) is 5.73 Å². The first-order valence-electron chi connectivity index (χ1n) is 7.48. The minimum atomic E-state index is -0.446. The van der Waals surface area contributed by atoms with Gasteiger partial charge in [0.1, 0.15) is 0 Å². The second kappa shape index (κ2) is 6.14. The van der Waals surface area contributed by atoms with E-state index >= 15 is 0 Å². The normalized spacial score (nSPS) is 16.2. The molecule has 0 aliphatic heterocycles. The number of nitrogens with two attached hydrogens (primary N) is 1. The Morgan fingerprint density at radius 3 is 2.61 bits per heavy atom. The van der Waals surface area contributed by atoms with Gasteiger partial charge in [-0.05, 0) is 12.8 Å². The summed E-state index contributed by atoms with van der Waals surface area (Å²) in [4.78, 5) is 4.53.